The third-order valence-corrected chi connectivity index (χ3v) is 8.06. The molecule has 0 fully saturated rings. The first-order valence-electron chi connectivity index (χ1n) is 10.1. The van der Waals surface area contributed by atoms with Crippen LogP contribution in [0.15, 0.2) is 10.3 Å². The first-order chi connectivity index (χ1) is 13.6. The Balaban J connectivity index is 1.73. The number of ether oxygens (including phenoxy) is 1. The fraction of sp³-hybridized carbons (Fsp3) is 0.650. The quantitative estimate of drug-likeness (QED) is 0.251. The molecule has 28 heavy (non-hydrogen) atoms. The largest absolute Gasteiger partial charge is 0.372 e. The Morgan fingerprint density at radius 2 is 2.07 bits per heavy atom. The van der Waals surface area contributed by atoms with E-state index in [2.05, 4.69) is 41.6 Å². The number of thioether (sulfide) groups is 2. The van der Waals surface area contributed by atoms with Crippen LogP contribution in [-0.4, -0.2) is 37.7 Å². The summed E-state index contributed by atoms with van der Waals surface area (Å²) in [7, 11) is 0. The maximum Gasteiger partial charge on any atom is 0.197 e. The number of nitrogens with zero attached hydrogens (tertiary/aromatic N) is 4. The summed E-state index contributed by atoms with van der Waals surface area (Å²) in [6.07, 6.45) is 8.36. The number of thiophene rings is 1. The summed E-state index contributed by atoms with van der Waals surface area (Å²) < 4.78 is 8.26. The van der Waals surface area contributed by atoms with Crippen molar-refractivity contribution in [2.24, 2.45) is 5.92 Å². The van der Waals surface area contributed by atoms with Gasteiger partial charge in [0.05, 0.1) is 18.1 Å². The molecule has 8 heteroatoms. The van der Waals surface area contributed by atoms with Crippen LogP contribution in [0.1, 0.15) is 56.9 Å². The molecule has 0 radical (unpaired) electrons. The van der Waals surface area contributed by atoms with Gasteiger partial charge in [-0.1, -0.05) is 63.6 Å². The molecule has 0 spiro atoms. The molecule has 152 valence electrons. The van der Waals surface area contributed by atoms with Crippen molar-refractivity contribution in [1.82, 2.24) is 19.6 Å². The zero-order valence-corrected chi connectivity index (χ0v) is 19.5. The molecule has 4 heterocycles. The van der Waals surface area contributed by atoms with Crippen LogP contribution in [-0.2, 0) is 17.8 Å². The summed E-state index contributed by atoms with van der Waals surface area (Å²) in [5.74, 6) is 1.59. The fourth-order valence-electron chi connectivity index (χ4n) is 3.67. The van der Waals surface area contributed by atoms with Gasteiger partial charge in [-0.3, -0.25) is 0 Å². The highest BCUT2D eigenvalue weighted by Crippen LogP contribution is 2.40. The number of hydrogen-bond donors (Lipinski definition) is 0. The average Bonchev–Trinajstić information content (AvgIpc) is 3.27. The van der Waals surface area contributed by atoms with Crippen molar-refractivity contribution in [3.8, 4) is 0 Å². The first-order valence-corrected chi connectivity index (χ1v) is 13.1. The van der Waals surface area contributed by atoms with Gasteiger partial charge in [0.15, 0.2) is 16.0 Å². The molecule has 0 N–H and O–H groups in total. The summed E-state index contributed by atoms with van der Waals surface area (Å²) in [5.41, 5.74) is 2.34. The highest BCUT2D eigenvalue weighted by Gasteiger charge is 2.28. The normalized spacial score (nSPS) is 17.1. The summed E-state index contributed by atoms with van der Waals surface area (Å²) in [6.45, 7) is 7.40. The molecule has 0 aliphatic carbocycles. The maximum absolute atomic E-state index is 6.09. The minimum Gasteiger partial charge on any atom is -0.372 e. The van der Waals surface area contributed by atoms with Gasteiger partial charge >= 0.3 is 0 Å². The predicted molar refractivity (Wildman–Crippen MR) is 120 cm³/mol. The van der Waals surface area contributed by atoms with Gasteiger partial charge in [-0.15, -0.1) is 21.5 Å². The molecule has 5 nitrogen and oxygen atoms in total. The monoisotopic (exact) mass is 436 g/mol. The van der Waals surface area contributed by atoms with E-state index in [-0.39, 0.29) is 6.10 Å². The summed E-state index contributed by atoms with van der Waals surface area (Å²) in [6, 6.07) is 0. The molecule has 0 saturated carbocycles. The molecule has 3 aromatic rings. The first kappa shape index (κ1) is 20.4. The van der Waals surface area contributed by atoms with Crippen LogP contribution in [0.4, 0.5) is 0 Å². The van der Waals surface area contributed by atoms with Crippen LogP contribution in [0.25, 0.3) is 15.9 Å². The maximum atomic E-state index is 6.09. The van der Waals surface area contributed by atoms with E-state index >= 15 is 0 Å². The van der Waals surface area contributed by atoms with Crippen molar-refractivity contribution in [1.29, 1.82) is 0 Å². The van der Waals surface area contributed by atoms with Crippen LogP contribution < -0.4 is 0 Å². The van der Waals surface area contributed by atoms with E-state index in [0.717, 1.165) is 33.0 Å². The topological polar surface area (TPSA) is 52.3 Å². The molecule has 1 unspecified atom stereocenters. The highest BCUT2D eigenvalue weighted by atomic mass is 32.2. The van der Waals surface area contributed by atoms with E-state index in [0.29, 0.717) is 12.5 Å². The van der Waals surface area contributed by atoms with Crippen molar-refractivity contribution in [2.75, 3.05) is 12.0 Å². The lowest BCUT2D eigenvalue weighted by molar-refractivity contribution is 0.00203. The third-order valence-electron chi connectivity index (χ3n) is 5.31. The minimum atomic E-state index is 0.265. The summed E-state index contributed by atoms with van der Waals surface area (Å²) >= 11 is 5.23. The van der Waals surface area contributed by atoms with Crippen LogP contribution >= 0.6 is 34.9 Å². The van der Waals surface area contributed by atoms with Gasteiger partial charge in [0.2, 0.25) is 0 Å². The van der Waals surface area contributed by atoms with Crippen molar-refractivity contribution >= 4 is 50.7 Å². The molecular weight excluding hydrogens is 408 g/mol. The predicted octanol–water partition coefficient (Wildman–Crippen LogP) is 5.83. The molecule has 3 aromatic heterocycles. The molecule has 1 atom stereocenters. The van der Waals surface area contributed by atoms with Crippen LogP contribution in [0.3, 0.4) is 0 Å². The number of unbranched alkanes of at least 4 members (excludes halogenated alkanes) is 3. The Hall–Kier alpha value is -0.830. The number of aromatic nitrogens is 4. The lowest BCUT2D eigenvalue weighted by Crippen LogP contribution is -2.26. The lowest BCUT2D eigenvalue weighted by Gasteiger charge is -2.26. The van der Waals surface area contributed by atoms with Gasteiger partial charge in [-0.2, -0.15) is 0 Å². The van der Waals surface area contributed by atoms with E-state index in [1.165, 1.54) is 41.5 Å². The molecule has 0 aromatic carbocycles. The number of fused-ring (bicyclic) bond motifs is 5. The minimum absolute atomic E-state index is 0.265. The molecule has 0 saturated heterocycles. The highest BCUT2D eigenvalue weighted by molar-refractivity contribution is 7.99. The zero-order chi connectivity index (χ0) is 19.7. The Morgan fingerprint density at radius 1 is 1.21 bits per heavy atom. The third kappa shape index (κ3) is 3.80. The molecule has 1 aliphatic rings. The van der Waals surface area contributed by atoms with E-state index in [1.807, 2.05) is 0 Å². The van der Waals surface area contributed by atoms with Crippen molar-refractivity contribution in [3.63, 3.8) is 0 Å². The van der Waals surface area contributed by atoms with Crippen LogP contribution in [0.2, 0.25) is 0 Å². The fourth-order valence-corrected chi connectivity index (χ4v) is 6.38. The standard InChI is InChI=1S/C20H28N4OS3/c1-5-6-7-8-9-27-20-23-22-17-16-13-10-14(12(2)3)25-11-15(13)28-18(16)21-19(26-4)24(17)20/h12,14H,5-11H2,1-4H3. The number of rotatable bonds is 8. The van der Waals surface area contributed by atoms with Crippen LogP contribution in [0.5, 0.6) is 0 Å². The van der Waals surface area contributed by atoms with Crippen molar-refractivity contribution in [3.05, 3.63) is 10.4 Å². The Morgan fingerprint density at radius 3 is 2.82 bits per heavy atom. The van der Waals surface area contributed by atoms with Crippen LogP contribution in [0, 0.1) is 5.92 Å². The Labute approximate surface area is 179 Å². The second-order valence-electron chi connectivity index (χ2n) is 7.63. The SMILES string of the molecule is CCCCCCSc1nnc2c3c4c(sc3nc(SC)n12)COC(C(C)C)C4. The molecule has 0 bridgehead atoms. The summed E-state index contributed by atoms with van der Waals surface area (Å²) in [5, 5.41) is 12.3. The van der Waals surface area contributed by atoms with E-state index in [4.69, 9.17) is 9.72 Å². The van der Waals surface area contributed by atoms with Gasteiger partial charge in [0.1, 0.15) is 4.83 Å². The van der Waals surface area contributed by atoms with Gasteiger partial charge in [-0.05, 0) is 24.2 Å². The smallest absolute Gasteiger partial charge is 0.197 e. The van der Waals surface area contributed by atoms with Gasteiger partial charge in [0, 0.05) is 17.1 Å². The zero-order valence-electron chi connectivity index (χ0n) is 17.0. The van der Waals surface area contributed by atoms with Crippen molar-refractivity contribution in [2.45, 2.75) is 75.9 Å². The molecular formula is C20H28N4OS3. The van der Waals surface area contributed by atoms with E-state index in [1.54, 1.807) is 34.9 Å². The van der Waals surface area contributed by atoms with Gasteiger partial charge in [0.25, 0.3) is 0 Å². The summed E-state index contributed by atoms with van der Waals surface area (Å²) in [4.78, 5) is 7.36. The second-order valence-corrected chi connectivity index (χ2v) is 10.5. The molecule has 0 amide bonds. The van der Waals surface area contributed by atoms with E-state index < -0.39 is 0 Å². The van der Waals surface area contributed by atoms with Crippen molar-refractivity contribution < 1.29 is 4.74 Å². The molecule has 4 rings (SSSR count). The second kappa shape index (κ2) is 8.90. The van der Waals surface area contributed by atoms with E-state index in [9.17, 15) is 0 Å². The number of hydrogen-bond acceptors (Lipinski definition) is 7. The Kier molecular flexibility index (Phi) is 6.50. The van der Waals surface area contributed by atoms with Gasteiger partial charge in [-0.25, -0.2) is 9.38 Å². The lowest BCUT2D eigenvalue weighted by atomic mass is 9.96. The van der Waals surface area contributed by atoms with Gasteiger partial charge < -0.3 is 4.74 Å². The Bertz CT molecular complexity index is 966. The average molecular weight is 437 g/mol. The molecule has 1 aliphatic heterocycles.